The molecule has 0 aromatic carbocycles. The van der Waals surface area contributed by atoms with Crippen molar-refractivity contribution in [1.82, 2.24) is 9.97 Å². The number of nitrogens with one attached hydrogen (secondary N) is 1. The number of hydrogen-bond donors (Lipinski definition) is 1. The van der Waals surface area contributed by atoms with E-state index in [1.54, 1.807) is 0 Å². The SMILES string of the molecule is CC.C\C=C/C=C(\C=C/C)c1nc(SC)[nH]c(=O)c1C#N. The summed E-state index contributed by atoms with van der Waals surface area (Å²) < 4.78 is 0. The number of nitriles is 1. The Labute approximate surface area is 130 Å². The summed E-state index contributed by atoms with van der Waals surface area (Å²) >= 11 is 1.33. The molecule has 1 N–H and O–H groups in total. The van der Waals surface area contributed by atoms with Crippen molar-refractivity contribution in [2.24, 2.45) is 0 Å². The highest BCUT2D eigenvalue weighted by atomic mass is 32.2. The first-order valence-electron chi connectivity index (χ1n) is 6.72. The van der Waals surface area contributed by atoms with E-state index in [1.807, 2.05) is 70.4 Å². The van der Waals surface area contributed by atoms with E-state index in [4.69, 9.17) is 5.26 Å². The summed E-state index contributed by atoms with van der Waals surface area (Å²) in [6, 6.07) is 1.92. The van der Waals surface area contributed by atoms with Crippen LogP contribution in [0.25, 0.3) is 5.57 Å². The van der Waals surface area contributed by atoms with Crippen LogP contribution in [0.3, 0.4) is 0 Å². The molecule has 0 aliphatic rings. The van der Waals surface area contributed by atoms with Crippen molar-refractivity contribution in [3.8, 4) is 6.07 Å². The third-order valence-corrected chi connectivity index (χ3v) is 2.87. The molecular formula is C16H21N3OS. The van der Waals surface area contributed by atoms with Gasteiger partial charge in [-0.15, -0.1) is 0 Å². The highest BCUT2D eigenvalue weighted by molar-refractivity contribution is 7.98. The lowest BCUT2D eigenvalue weighted by molar-refractivity contribution is 0.919. The molecule has 5 heteroatoms. The second-order valence-electron chi connectivity index (χ2n) is 3.56. The zero-order valence-electron chi connectivity index (χ0n) is 13.1. The highest BCUT2D eigenvalue weighted by Gasteiger charge is 2.13. The standard InChI is InChI=1S/C14H15N3OS.C2H6/c1-4-6-8-10(7-5-2)12-11(9-15)13(18)17-14(16-12)19-3;1-2/h4-8H,1-3H3,(H,16,17,18);1-2H3/b6-4-,7-5-,10-8+;. The number of hydrogen-bond acceptors (Lipinski definition) is 4. The number of thioether (sulfide) groups is 1. The van der Waals surface area contributed by atoms with E-state index < -0.39 is 5.56 Å². The molecule has 0 spiro atoms. The normalized spacial score (nSPS) is 11.3. The smallest absolute Gasteiger partial charge is 0.270 e. The maximum absolute atomic E-state index is 11.8. The summed E-state index contributed by atoms with van der Waals surface area (Å²) in [7, 11) is 0. The molecule has 0 aliphatic carbocycles. The second-order valence-corrected chi connectivity index (χ2v) is 4.35. The van der Waals surface area contributed by atoms with Crippen LogP contribution in [0.4, 0.5) is 0 Å². The van der Waals surface area contributed by atoms with Crippen LogP contribution in [-0.2, 0) is 0 Å². The van der Waals surface area contributed by atoms with Gasteiger partial charge in [0.05, 0.1) is 5.69 Å². The Balaban J connectivity index is 0.00000191. The number of aromatic amines is 1. The van der Waals surface area contributed by atoms with Crippen molar-refractivity contribution in [1.29, 1.82) is 5.26 Å². The first-order chi connectivity index (χ1) is 10.2. The van der Waals surface area contributed by atoms with Crippen LogP contribution >= 0.6 is 11.8 Å². The monoisotopic (exact) mass is 303 g/mol. The number of allylic oxidation sites excluding steroid dienone is 6. The largest absolute Gasteiger partial charge is 0.300 e. The van der Waals surface area contributed by atoms with Gasteiger partial charge in [-0.1, -0.05) is 56.0 Å². The van der Waals surface area contributed by atoms with E-state index in [0.29, 0.717) is 10.9 Å². The summed E-state index contributed by atoms with van der Waals surface area (Å²) in [5.41, 5.74) is 0.768. The number of nitrogens with zero attached hydrogens (tertiary/aromatic N) is 2. The number of aromatic nitrogens is 2. The third kappa shape index (κ3) is 5.44. The first kappa shape index (κ1) is 18.9. The van der Waals surface area contributed by atoms with Crippen molar-refractivity contribution in [3.05, 3.63) is 52.0 Å². The molecule has 0 atom stereocenters. The van der Waals surface area contributed by atoms with Crippen LogP contribution in [0.1, 0.15) is 39.0 Å². The van der Waals surface area contributed by atoms with Crippen LogP contribution in [0, 0.1) is 11.3 Å². The summed E-state index contributed by atoms with van der Waals surface area (Å²) in [6.45, 7) is 7.77. The van der Waals surface area contributed by atoms with Gasteiger partial charge in [0.1, 0.15) is 11.6 Å². The molecule has 0 aliphatic heterocycles. The Morgan fingerprint density at radius 3 is 2.48 bits per heavy atom. The van der Waals surface area contributed by atoms with Crippen LogP contribution in [0.5, 0.6) is 0 Å². The fourth-order valence-electron chi connectivity index (χ4n) is 1.45. The summed E-state index contributed by atoms with van der Waals surface area (Å²) in [5.74, 6) is 0. The van der Waals surface area contributed by atoms with Crippen molar-refractivity contribution in [2.45, 2.75) is 32.9 Å². The Morgan fingerprint density at radius 1 is 1.33 bits per heavy atom. The first-order valence-corrected chi connectivity index (χ1v) is 7.94. The molecule has 1 heterocycles. The molecule has 0 amide bonds. The topological polar surface area (TPSA) is 69.5 Å². The molecule has 21 heavy (non-hydrogen) atoms. The zero-order valence-corrected chi connectivity index (χ0v) is 13.9. The van der Waals surface area contributed by atoms with Gasteiger partial charge in [0.2, 0.25) is 0 Å². The maximum Gasteiger partial charge on any atom is 0.270 e. The Kier molecular flexibility index (Phi) is 9.65. The second kappa shape index (κ2) is 10.7. The molecule has 0 saturated carbocycles. The molecule has 0 unspecified atom stereocenters. The van der Waals surface area contributed by atoms with Crippen LogP contribution < -0.4 is 5.56 Å². The summed E-state index contributed by atoms with van der Waals surface area (Å²) in [6.07, 6.45) is 11.0. The third-order valence-electron chi connectivity index (χ3n) is 2.29. The van der Waals surface area contributed by atoms with Gasteiger partial charge in [-0.2, -0.15) is 5.26 Å². The molecule has 1 aromatic rings. The van der Waals surface area contributed by atoms with E-state index in [9.17, 15) is 4.79 Å². The molecule has 112 valence electrons. The van der Waals surface area contributed by atoms with Crippen LogP contribution in [0.2, 0.25) is 0 Å². The summed E-state index contributed by atoms with van der Waals surface area (Å²) in [5, 5.41) is 9.61. The highest BCUT2D eigenvalue weighted by Crippen LogP contribution is 2.18. The van der Waals surface area contributed by atoms with Gasteiger partial charge < -0.3 is 4.98 Å². The van der Waals surface area contributed by atoms with Crippen molar-refractivity contribution in [2.75, 3.05) is 6.26 Å². The fraction of sp³-hybridized carbons (Fsp3) is 0.312. The predicted molar refractivity (Wildman–Crippen MR) is 90.3 cm³/mol. The van der Waals surface area contributed by atoms with Gasteiger partial charge in [-0.3, -0.25) is 4.79 Å². The van der Waals surface area contributed by atoms with Crippen molar-refractivity contribution < 1.29 is 0 Å². The fourth-order valence-corrected chi connectivity index (χ4v) is 1.83. The average molecular weight is 303 g/mol. The van der Waals surface area contributed by atoms with Gasteiger partial charge in [0.15, 0.2) is 5.16 Å². The van der Waals surface area contributed by atoms with Crippen molar-refractivity contribution >= 4 is 17.3 Å². The lowest BCUT2D eigenvalue weighted by Crippen LogP contribution is -2.16. The van der Waals surface area contributed by atoms with Gasteiger partial charge in [0, 0.05) is 5.57 Å². The minimum absolute atomic E-state index is 0.0339. The van der Waals surface area contributed by atoms with Crippen molar-refractivity contribution in [3.63, 3.8) is 0 Å². The predicted octanol–water partition coefficient (Wildman–Crippen LogP) is 3.93. The average Bonchev–Trinajstić information content (AvgIpc) is 2.52. The van der Waals surface area contributed by atoms with Gasteiger partial charge in [-0.25, -0.2) is 4.98 Å². The number of rotatable bonds is 4. The van der Waals surface area contributed by atoms with Crippen LogP contribution in [0.15, 0.2) is 40.3 Å². The molecule has 4 nitrogen and oxygen atoms in total. The molecule has 1 aromatic heterocycles. The number of H-pyrrole nitrogens is 1. The minimum Gasteiger partial charge on any atom is -0.300 e. The lowest BCUT2D eigenvalue weighted by Gasteiger charge is -2.05. The minimum atomic E-state index is -0.410. The Hall–Kier alpha value is -2.06. The van der Waals surface area contributed by atoms with E-state index in [2.05, 4.69) is 9.97 Å². The van der Waals surface area contributed by atoms with Gasteiger partial charge in [0.25, 0.3) is 5.56 Å². The molecule has 0 bridgehead atoms. The maximum atomic E-state index is 11.8. The lowest BCUT2D eigenvalue weighted by atomic mass is 10.1. The quantitative estimate of drug-likeness (QED) is 0.520. The van der Waals surface area contributed by atoms with E-state index >= 15 is 0 Å². The molecule has 0 fully saturated rings. The molecular weight excluding hydrogens is 282 g/mol. The van der Waals surface area contributed by atoms with E-state index in [1.165, 1.54) is 11.8 Å². The molecule has 0 radical (unpaired) electrons. The molecule has 1 rings (SSSR count). The Bertz CT molecular complexity index is 634. The van der Waals surface area contributed by atoms with Gasteiger partial charge in [-0.05, 0) is 20.1 Å². The van der Waals surface area contributed by atoms with E-state index in [-0.39, 0.29) is 5.56 Å². The van der Waals surface area contributed by atoms with E-state index in [0.717, 1.165) is 5.57 Å². The Morgan fingerprint density at radius 2 is 2.00 bits per heavy atom. The zero-order chi connectivity index (χ0) is 16.3. The summed E-state index contributed by atoms with van der Waals surface area (Å²) in [4.78, 5) is 18.7. The molecule has 0 saturated heterocycles. The van der Waals surface area contributed by atoms with Crippen LogP contribution in [-0.4, -0.2) is 16.2 Å². The van der Waals surface area contributed by atoms with Gasteiger partial charge >= 0.3 is 0 Å².